The highest BCUT2D eigenvalue weighted by Gasteiger charge is 2.20. The van der Waals surface area contributed by atoms with E-state index >= 15 is 0 Å². The molecule has 2 aliphatic heterocycles. The summed E-state index contributed by atoms with van der Waals surface area (Å²) in [5.74, 6) is 0. The minimum absolute atomic E-state index is 0.0486. The SMILES string of the molecule is O=c1ccc2ccncc2n1CCN1CCC(NCc2ccc3ccccc3c2)CC1.O=c1ccc2ccncc2n1CCN1CCC(NCc2ccc3ccccc3c2)CC1. The molecule has 2 fully saturated rings. The molecule has 316 valence electrons. The molecule has 2 N–H and O–H groups in total. The van der Waals surface area contributed by atoms with E-state index < -0.39 is 0 Å². The Balaban J connectivity index is 0.000000158. The van der Waals surface area contributed by atoms with Crippen molar-refractivity contribution >= 4 is 43.4 Å². The molecular weight excluding hydrogens is 769 g/mol. The van der Waals surface area contributed by atoms with Gasteiger partial charge in [-0.1, -0.05) is 72.8 Å². The van der Waals surface area contributed by atoms with E-state index in [2.05, 4.69) is 115 Å². The summed E-state index contributed by atoms with van der Waals surface area (Å²) in [6.07, 6.45) is 11.7. The van der Waals surface area contributed by atoms with Gasteiger partial charge in [0.25, 0.3) is 11.1 Å². The summed E-state index contributed by atoms with van der Waals surface area (Å²) in [7, 11) is 0. The van der Waals surface area contributed by atoms with Gasteiger partial charge in [0.2, 0.25) is 0 Å². The van der Waals surface area contributed by atoms with Gasteiger partial charge in [0.05, 0.1) is 23.4 Å². The highest BCUT2D eigenvalue weighted by atomic mass is 16.1. The molecular formula is C52H56N8O2. The van der Waals surface area contributed by atoms with Crippen LogP contribution in [0.3, 0.4) is 0 Å². The van der Waals surface area contributed by atoms with Gasteiger partial charge in [0.1, 0.15) is 0 Å². The molecule has 0 aliphatic carbocycles. The van der Waals surface area contributed by atoms with Crippen LogP contribution in [0.1, 0.15) is 36.8 Å². The minimum atomic E-state index is 0.0486. The fourth-order valence-corrected chi connectivity index (χ4v) is 9.15. The van der Waals surface area contributed by atoms with Crippen molar-refractivity contribution < 1.29 is 0 Å². The molecule has 62 heavy (non-hydrogen) atoms. The molecule has 0 spiro atoms. The smallest absolute Gasteiger partial charge is 0.251 e. The fourth-order valence-electron chi connectivity index (χ4n) is 9.15. The number of rotatable bonds is 12. The lowest BCUT2D eigenvalue weighted by molar-refractivity contribution is 0.191. The van der Waals surface area contributed by atoms with Gasteiger partial charge >= 0.3 is 0 Å². The first-order valence-electron chi connectivity index (χ1n) is 22.3. The minimum Gasteiger partial charge on any atom is -0.310 e. The van der Waals surface area contributed by atoms with Gasteiger partial charge in [-0.25, -0.2) is 0 Å². The molecule has 10 rings (SSSR count). The molecule has 4 aromatic heterocycles. The van der Waals surface area contributed by atoms with E-state index in [0.717, 1.165) is 99.8 Å². The average molecular weight is 825 g/mol. The Labute approximate surface area is 362 Å². The van der Waals surface area contributed by atoms with Gasteiger partial charge in [-0.05, 0) is 121 Å². The van der Waals surface area contributed by atoms with Crippen molar-refractivity contribution in [3.63, 3.8) is 0 Å². The van der Waals surface area contributed by atoms with E-state index in [1.54, 1.807) is 36.9 Å². The second-order valence-electron chi connectivity index (χ2n) is 16.9. The fraction of sp³-hybridized carbons (Fsp3) is 0.308. The Hall–Kier alpha value is -6.04. The van der Waals surface area contributed by atoms with Crippen LogP contribution in [-0.4, -0.2) is 80.3 Å². The standard InChI is InChI=1S/2C26H28N4O/c2*31-26-8-7-22-9-12-27-19-25(22)30(26)16-15-29-13-10-24(11-14-29)28-18-20-5-6-21-3-1-2-4-23(21)17-20/h2*1-9,12,17,19,24,28H,10-11,13-16,18H2. The first-order valence-corrected chi connectivity index (χ1v) is 22.3. The van der Waals surface area contributed by atoms with Gasteiger partial charge in [-0.2, -0.15) is 0 Å². The van der Waals surface area contributed by atoms with Gasteiger partial charge in [0, 0.05) is 86.7 Å². The topological polar surface area (TPSA) is 100 Å². The van der Waals surface area contributed by atoms with Crippen LogP contribution in [-0.2, 0) is 26.2 Å². The summed E-state index contributed by atoms with van der Waals surface area (Å²) >= 11 is 0. The van der Waals surface area contributed by atoms with Crippen molar-refractivity contribution in [2.45, 2.75) is 63.9 Å². The van der Waals surface area contributed by atoms with Crippen LogP contribution in [0.2, 0.25) is 0 Å². The second kappa shape index (κ2) is 19.8. The lowest BCUT2D eigenvalue weighted by Gasteiger charge is -2.32. The van der Waals surface area contributed by atoms with Crippen LogP contribution in [0, 0.1) is 0 Å². The summed E-state index contributed by atoms with van der Waals surface area (Å²) in [6, 6.07) is 42.5. The molecule has 10 nitrogen and oxygen atoms in total. The zero-order valence-corrected chi connectivity index (χ0v) is 35.4. The van der Waals surface area contributed by atoms with E-state index in [-0.39, 0.29) is 11.1 Å². The molecule has 6 heterocycles. The van der Waals surface area contributed by atoms with Crippen molar-refractivity contribution in [2.75, 3.05) is 39.3 Å². The third-order valence-electron chi connectivity index (χ3n) is 12.9. The number of nitrogens with one attached hydrogen (secondary N) is 2. The third-order valence-corrected chi connectivity index (χ3v) is 12.9. The molecule has 0 unspecified atom stereocenters. The maximum Gasteiger partial charge on any atom is 0.251 e. The number of likely N-dealkylation sites (tertiary alicyclic amines) is 2. The number of hydrogen-bond acceptors (Lipinski definition) is 8. The Morgan fingerprint density at radius 3 is 1.29 bits per heavy atom. The first kappa shape index (κ1) is 41.3. The molecule has 0 atom stereocenters. The highest BCUT2D eigenvalue weighted by molar-refractivity contribution is 5.84. The number of hydrogen-bond donors (Lipinski definition) is 2. The van der Waals surface area contributed by atoms with Gasteiger partial charge in [-0.3, -0.25) is 19.6 Å². The third kappa shape index (κ3) is 10.2. The molecule has 8 aromatic rings. The molecule has 2 saturated heterocycles. The van der Waals surface area contributed by atoms with Crippen LogP contribution < -0.4 is 21.8 Å². The van der Waals surface area contributed by atoms with Crippen molar-refractivity contribution in [3.05, 3.63) is 178 Å². The predicted molar refractivity (Wildman–Crippen MR) is 253 cm³/mol. The van der Waals surface area contributed by atoms with E-state index in [0.29, 0.717) is 25.2 Å². The number of fused-ring (bicyclic) bond motifs is 4. The molecule has 4 aromatic carbocycles. The maximum absolute atomic E-state index is 12.4. The summed E-state index contributed by atoms with van der Waals surface area (Å²) in [6.45, 7) is 9.27. The van der Waals surface area contributed by atoms with E-state index in [4.69, 9.17) is 0 Å². The largest absolute Gasteiger partial charge is 0.310 e. The quantitative estimate of drug-likeness (QED) is 0.130. The molecule has 0 saturated carbocycles. The maximum atomic E-state index is 12.4. The lowest BCUT2D eigenvalue weighted by atomic mass is 10.0. The Morgan fingerprint density at radius 1 is 0.452 bits per heavy atom. The Morgan fingerprint density at radius 2 is 0.855 bits per heavy atom. The summed E-state index contributed by atoms with van der Waals surface area (Å²) in [4.78, 5) is 38.1. The first-order chi connectivity index (χ1) is 30.5. The van der Waals surface area contributed by atoms with Crippen LogP contribution in [0.15, 0.2) is 156 Å². The second-order valence-corrected chi connectivity index (χ2v) is 16.9. The van der Waals surface area contributed by atoms with Crippen LogP contribution in [0.25, 0.3) is 43.4 Å². The van der Waals surface area contributed by atoms with Crippen molar-refractivity contribution in [2.24, 2.45) is 0 Å². The lowest BCUT2D eigenvalue weighted by Crippen LogP contribution is -2.43. The average Bonchev–Trinajstić information content (AvgIpc) is 3.33. The van der Waals surface area contributed by atoms with Crippen molar-refractivity contribution in [1.29, 1.82) is 0 Å². The predicted octanol–water partition coefficient (Wildman–Crippen LogP) is 7.61. The summed E-state index contributed by atoms with van der Waals surface area (Å²) in [5, 5.41) is 14.8. The zero-order chi connectivity index (χ0) is 42.1. The molecule has 10 heteroatoms. The number of piperidine rings is 2. The Kier molecular flexibility index (Phi) is 13.2. The summed E-state index contributed by atoms with van der Waals surface area (Å²) < 4.78 is 3.71. The van der Waals surface area contributed by atoms with Gasteiger partial charge in [-0.15, -0.1) is 0 Å². The van der Waals surface area contributed by atoms with Crippen molar-refractivity contribution in [3.8, 4) is 0 Å². The highest BCUT2D eigenvalue weighted by Crippen LogP contribution is 2.19. The summed E-state index contributed by atoms with van der Waals surface area (Å²) in [5.41, 5.74) is 4.61. The van der Waals surface area contributed by atoms with E-state index in [1.165, 1.54) is 32.7 Å². The number of pyridine rings is 4. The van der Waals surface area contributed by atoms with Crippen molar-refractivity contribution in [1.82, 2.24) is 39.5 Å². The molecule has 0 bridgehead atoms. The Bertz CT molecular complexity index is 2680. The number of nitrogens with zero attached hydrogens (tertiary/aromatic N) is 6. The number of aromatic nitrogens is 4. The van der Waals surface area contributed by atoms with Crippen LogP contribution in [0.5, 0.6) is 0 Å². The van der Waals surface area contributed by atoms with Crippen LogP contribution in [0.4, 0.5) is 0 Å². The van der Waals surface area contributed by atoms with Gasteiger partial charge < -0.3 is 29.6 Å². The van der Waals surface area contributed by atoms with Crippen LogP contribution >= 0.6 is 0 Å². The van der Waals surface area contributed by atoms with E-state index in [9.17, 15) is 9.59 Å². The molecule has 0 amide bonds. The molecule has 2 aliphatic rings. The normalized spacial score (nSPS) is 15.6. The zero-order valence-electron chi connectivity index (χ0n) is 35.4. The number of benzene rings is 4. The monoisotopic (exact) mass is 824 g/mol. The van der Waals surface area contributed by atoms with E-state index in [1.807, 2.05) is 33.4 Å². The molecule has 0 radical (unpaired) electrons. The van der Waals surface area contributed by atoms with Gasteiger partial charge in [0.15, 0.2) is 0 Å².